The Labute approximate surface area is 122 Å². The largest absolute Gasteiger partial charge is 0.465 e. The summed E-state index contributed by atoms with van der Waals surface area (Å²) in [4.78, 5) is 12.7. The number of rotatable bonds is 2. The minimum atomic E-state index is -0.435. The van der Waals surface area contributed by atoms with Crippen LogP contribution in [0.1, 0.15) is 9.67 Å². The van der Waals surface area contributed by atoms with Crippen LogP contribution in [-0.2, 0) is 4.74 Å². The Kier molecular flexibility index (Phi) is 3.94. The number of esters is 1. The molecule has 1 aromatic carbocycles. The van der Waals surface area contributed by atoms with Crippen LogP contribution in [0, 0.1) is 0 Å². The minimum absolute atomic E-state index is 0.392. The number of hydrogen-bond donors (Lipinski definition) is 1. The monoisotopic (exact) mass is 345 g/mol. The number of ether oxygens (including phenoxy) is 1. The maximum absolute atomic E-state index is 11.5. The molecular formula is C12H9BrClNO2S. The van der Waals surface area contributed by atoms with E-state index >= 15 is 0 Å². The summed E-state index contributed by atoms with van der Waals surface area (Å²) in [6.45, 7) is 0. The van der Waals surface area contributed by atoms with Gasteiger partial charge in [0.15, 0.2) is 0 Å². The molecule has 0 aliphatic heterocycles. The number of benzene rings is 1. The maximum Gasteiger partial charge on any atom is 0.350 e. The third-order valence-corrected chi connectivity index (χ3v) is 4.81. The molecule has 1 heterocycles. The molecule has 0 aliphatic carbocycles. The van der Waals surface area contributed by atoms with Gasteiger partial charge in [0.05, 0.1) is 17.8 Å². The first-order chi connectivity index (χ1) is 8.54. The predicted octanol–water partition coefficient (Wildman–Crippen LogP) is 4.20. The van der Waals surface area contributed by atoms with Gasteiger partial charge < -0.3 is 10.5 Å². The van der Waals surface area contributed by atoms with Crippen molar-refractivity contribution >= 4 is 50.5 Å². The second-order valence-corrected chi connectivity index (χ2v) is 5.77. The summed E-state index contributed by atoms with van der Waals surface area (Å²) in [6, 6.07) is 7.33. The normalized spacial score (nSPS) is 10.4. The van der Waals surface area contributed by atoms with Crippen molar-refractivity contribution in [3.05, 3.63) is 38.6 Å². The highest BCUT2D eigenvalue weighted by Gasteiger charge is 2.17. The molecule has 0 atom stereocenters. The summed E-state index contributed by atoms with van der Waals surface area (Å²) in [5, 5.41) is 0.593. The Hall–Kier alpha value is -1.04. The van der Waals surface area contributed by atoms with E-state index in [2.05, 4.69) is 20.7 Å². The van der Waals surface area contributed by atoms with Gasteiger partial charge in [0.25, 0.3) is 0 Å². The van der Waals surface area contributed by atoms with Gasteiger partial charge in [-0.05, 0) is 28.1 Å². The van der Waals surface area contributed by atoms with Crippen molar-refractivity contribution in [2.24, 2.45) is 0 Å². The number of nitrogens with two attached hydrogens (primary N) is 1. The van der Waals surface area contributed by atoms with Crippen LogP contribution >= 0.6 is 38.9 Å². The number of carbonyl (C=O) groups excluding carboxylic acids is 1. The van der Waals surface area contributed by atoms with Crippen LogP contribution in [0.3, 0.4) is 0 Å². The number of nitrogen functional groups attached to an aromatic ring is 1. The first-order valence-electron chi connectivity index (χ1n) is 4.96. The van der Waals surface area contributed by atoms with Crippen molar-refractivity contribution < 1.29 is 9.53 Å². The summed E-state index contributed by atoms with van der Waals surface area (Å²) in [5.74, 6) is -0.435. The average molecular weight is 347 g/mol. The Morgan fingerprint density at radius 1 is 1.50 bits per heavy atom. The van der Waals surface area contributed by atoms with E-state index in [1.54, 1.807) is 6.07 Å². The van der Waals surface area contributed by atoms with Crippen molar-refractivity contribution in [2.75, 3.05) is 12.8 Å². The third-order valence-electron chi connectivity index (χ3n) is 2.35. The Balaban J connectivity index is 2.53. The standard InChI is InChI=1S/C12H9BrClNO2S/c1-17-12(16)11-8(15)5-9(18-11)6-3-2-4-7(13)10(6)14/h2-5H,15H2,1H3. The fourth-order valence-corrected chi connectivity index (χ4v) is 3.16. The molecule has 2 aromatic rings. The molecule has 0 saturated carbocycles. The van der Waals surface area contributed by atoms with E-state index < -0.39 is 5.97 Å². The summed E-state index contributed by atoms with van der Waals surface area (Å²) >= 11 is 10.8. The second-order valence-electron chi connectivity index (χ2n) is 3.49. The van der Waals surface area contributed by atoms with Gasteiger partial charge in [0.1, 0.15) is 4.88 Å². The lowest BCUT2D eigenvalue weighted by Gasteiger charge is -2.02. The molecule has 0 radical (unpaired) electrons. The molecule has 0 aliphatic rings. The molecule has 0 bridgehead atoms. The number of thiophene rings is 1. The SMILES string of the molecule is COC(=O)c1sc(-c2cccc(Br)c2Cl)cc1N. The lowest BCUT2D eigenvalue weighted by atomic mass is 10.2. The molecule has 0 fully saturated rings. The Bertz CT molecular complexity index is 612. The zero-order chi connectivity index (χ0) is 13.3. The average Bonchev–Trinajstić information content (AvgIpc) is 2.73. The van der Waals surface area contributed by atoms with E-state index in [9.17, 15) is 4.79 Å². The lowest BCUT2D eigenvalue weighted by molar-refractivity contribution is 0.0607. The van der Waals surface area contributed by atoms with Crippen LogP contribution in [0.4, 0.5) is 5.69 Å². The molecule has 0 amide bonds. The number of hydrogen-bond acceptors (Lipinski definition) is 4. The smallest absolute Gasteiger partial charge is 0.350 e. The van der Waals surface area contributed by atoms with Gasteiger partial charge in [-0.15, -0.1) is 11.3 Å². The summed E-state index contributed by atoms with van der Waals surface area (Å²) in [6.07, 6.45) is 0. The predicted molar refractivity (Wildman–Crippen MR) is 78.2 cm³/mol. The lowest BCUT2D eigenvalue weighted by Crippen LogP contribution is -2.00. The number of methoxy groups -OCH3 is 1. The van der Waals surface area contributed by atoms with Crippen LogP contribution in [-0.4, -0.2) is 13.1 Å². The highest BCUT2D eigenvalue weighted by Crippen LogP contribution is 2.39. The molecular weight excluding hydrogens is 338 g/mol. The van der Waals surface area contributed by atoms with E-state index in [0.29, 0.717) is 15.6 Å². The van der Waals surface area contributed by atoms with Crippen LogP contribution in [0.15, 0.2) is 28.7 Å². The van der Waals surface area contributed by atoms with Crippen molar-refractivity contribution in [3.63, 3.8) is 0 Å². The van der Waals surface area contributed by atoms with E-state index in [1.165, 1.54) is 18.4 Å². The first kappa shape index (κ1) is 13.4. The van der Waals surface area contributed by atoms with Crippen molar-refractivity contribution in [1.82, 2.24) is 0 Å². The zero-order valence-corrected chi connectivity index (χ0v) is 12.5. The van der Waals surface area contributed by atoms with Gasteiger partial charge in [-0.25, -0.2) is 4.79 Å². The Morgan fingerprint density at radius 2 is 2.22 bits per heavy atom. The van der Waals surface area contributed by atoms with Gasteiger partial charge in [0.2, 0.25) is 0 Å². The van der Waals surface area contributed by atoms with Crippen LogP contribution in [0.25, 0.3) is 10.4 Å². The van der Waals surface area contributed by atoms with Gasteiger partial charge in [-0.2, -0.15) is 0 Å². The van der Waals surface area contributed by atoms with Gasteiger partial charge in [0, 0.05) is 14.9 Å². The van der Waals surface area contributed by atoms with Crippen LogP contribution in [0.5, 0.6) is 0 Å². The van der Waals surface area contributed by atoms with E-state index in [4.69, 9.17) is 17.3 Å². The summed E-state index contributed by atoms with van der Waals surface area (Å²) in [5.41, 5.74) is 7.03. The summed E-state index contributed by atoms with van der Waals surface area (Å²) < 4.78 is 5.47. The molecule has 0 unspecified atom stereocenters. The van der Waals surface area contributed by atoms with Crippen LogP contribution in [0.2, 0.25) is 5.02 Å². The highest BCUT2D eigenvalue weighted by molar-refractivity contribution is 9.10. The number of halogens is 2. The third kappa shape index (κ3) is 2.39. The zero-order valence-electron chi connectivity index (χ0n) is 9.37. The topological polar surface area (TPSA) is 52.3 Å². The van der Waals surface area contributed by atoms with Crippen LogP contribution < -0.4 is 5.73 Å². The fraction of sp³-hybridized carbons (Fsp3) is 0.0833. The number of anilines is 1. The molecule has 94 valence electrons. The minimum Gasteiger partial charge on any atom is -0.465 e. The molecule has 0 saturated heterocycles. The molecule has 3 nitrogen and oxygen atoms in total. The number of carbonyl (C=O) groups is 1. The quantitative estimate of drug-likeness (QED) is 0.829. The van der Waals surface area contributed by atoms with E-state index in [1.807, 2.05) is 18.2 Å². The maximum atomic E-state index is 11.5. The molecule has 2 rings (SSSR count). The van der Waals surface area contributed by atoms with Gasteiger partial charge >= 0.3 is 5.97 Å². The Morgan fingerprint density at radius 3 is 2.89 bits per heavy atom. The van der Waals surface area contributed by atoms with Crippen molar-refractivity contribution in [3.8, 4) is 10.4 Å². The summed E-state index contributed by atoms with van der Waals surface area (Å²) in [7, 11) is 1.33. The highest BCUT2D eigenvalue weighted by atomic mass is 79.9. The van der Waals surface area contributed by atoms with E-state index in [-0.39, 0.29) is 0 Å². The molecule has 1 aromatic heterocycles. The first-order valence-corrected chi connectivity index (χ1v) is 6.95. The molecule has 2 N–H and O–H groups in total. The fourth-order valence-electron chi connectivity index (χ4n) is 1.48. The van der Waals surface area contributed by atoms with Crippen molar-refractivity contribution in [2.45, 2.75) is 0 Å². The molecule has 0 spiro atoms. The van der Waals surface area contributed by atoms with Gasteiger partial charge in [-0.3, -0.25) is 0 Å². The van der Waals surface area contributed by atoms with Crippen molar-refractivity contribution in [1.29, 1.82) is 0 Å². The van der Waals surface area contributed by atoms with E-state index in [0.717, 1.165) is 14.9 Å². The molecule has 18 heavy (non-hydrogen) atoms. The molecule has 6 heteroatoms. The second kappa shape index (κ2) is 5.30. The van der Waals surface area contributed by atoms with Gasteiger partial charge in [-0.1, -0.05) is 23.7 Å².